The molecule has 2 aromatic carbocycles. The summed E-state index contributed by atoms with van der Waals surface area (Å²) in [4.78, 5) is 11.2. The first kappa shape index (κ1) is 13.1. The van der Waals surface area contributed by atoms with Gasteiger partial charge in [0.2, 0.25) is 5.91 Å². The van der Waals surface area contributed by atoms with E-state index in [0.29, 0.717) is 11.0 Å². The van der Waals surface area contributed by atoms with Crippen LogP contribution in [0.2, 0.25) is 0 Å². The fourth-order valence-corrected chi connectivity index (χ4v) is 2.20. The summed E-state index contributed by atoms with van der Waals surface area (Å²) in [5.74, 6) is 0.324. The summed E-state index contributed by atoms with van der Waals surface area (Å²) in [7, 11) is 0. The van der Waals surface area contributed by atoms with Crippen molar-refractivity contribution in [1.82, 2.24) is 5.32 Å². The molecule has 3 nitrogen and oxygen atoms in total. The second-order valence-corrected chi connectivity index (χ2v) is 4.82. The zero-order chi connectivity index (χ0) is 13.0. The van der Waals surface area contributed by atoms with Crippen molar-refractivity contribution in [3.63, 3.8) is 0 Å². The van der Waals surface area contributed by atoms with E-state index < -0.39 is 0 Å². The minimum absolute atomic E-state index is 0.0543. The number of alkyl halides is 1. The summed E-state index contributed by atoms with van der Waals surface area (Å²) in [6.07, 6.45) is 0.767. The van der Waals surface area contributed by atoms with Crippen molar-refractivity contribution in [3.05, 3.63) is 42.0 Å². The lowest BCUT2D eigenvalue weighted by Gasteiger charge is -2.08. The molecule has 4 heteroatoms. The molecule has 0 radical (unpaired) electrons. The Bertz CT molecular complexity index is 569. The van der Waals surface area contributed by atoms with E-state index in [-0.39, 0.29) is 11.7 Å². The van der Waals surface area contributed by atoms with Crippen LogP contribution in [0.1, 0.15) is 5.56 Å². The van der Waals surface area contributed by atoms with Gasteiger partial charge in [-0.05, 0) is 34.9 Å². The largest absolute Gasteiger partial charge is 0.508 e. The molecule has 0 bridgehead atoms. The highest BCUT2D eigenvalue weighted by molar-refractivity contribution is 14.1. The third kappa shape index (κ3) is 3.13. The van der Waals surface area contributed by atoms with Gasteiger partial charge in [-0.25, -0.2) is 0 Å². The van der Waals surface area contributed by atoms with E-state index in [2.05, 4.69) is 5.32 Å². The zero-order valence-corrected chi connectivity index (χ0v) is 12.0. The molecule has 0 fully saturated rings. The van der Waals surface area contributed by atoms with Gasteiger partial charge in [0, 0.05) is 6.54 Å². The van der Waals surface area contributed by atoms with Gasteiger partial charge in [0.15, 0.2) is 0 Å². The van der Waals surface area contributed by atoms with Crippen molar-refractivity contribution in [1.29, 1.82) is 0 Å². The van der Waals surface area contributed by atoms with Gasteiger partial charge in [0.05, 0.1) is 4.43 Å². The molecular formula is C14H14INO2. The van der Waals surface area contributed by atoms with E-state index in [9.17, 15) is 9.90 Å². The average molecular weight is 355 g/mol. The molecule has 0 aliphatic carbocycles. The number of hydrogen-bond acceptors (Lipinski definition) is 2. The number of fused-ring (bicyclic) bond motifs is 1. The molecular weight excluding hydrogens is 341 g/mol. The predicted octanol–water partition coefficient (Wildman–Crippen LogP) is 2.64. The highest BCUT2D eigenvalue weighted by atomic mass is 127. The van der Waals surface area contributed by atoms with Crippen molar-refractivity contribution in [2.24, 2.45) is 0 Å². The van der Waals surface area contributed by atoms with Gasteiger partial charge in [0.25, 0.3) is 0 Å². The molecule has 0 saturated heterocycles. The first-order chi connectivity index (χ1) is 8.70. The van der Waals surface area contributed by atoms with Crippen molar-refractivity contribution in [2.45, 2.75) is 6.42 Å². The number of benzene rings is 2. The smallest absolute Gasteiger partial charge is 0.229 e. The van der Waals surface area contributed by atoms with Crippen LogP contribution in [0.3, 0.4) is 0 Å². The molecule has 18 heavy (non-hydrogen) atoms. The highest BCUT2D eigenvalue weighted by Crippen LogP contribution is 2.23. The van der Waals surface area contributed by atoms with Crippen LogP contribution in [0, 0.1) is 0 Å². The summed E-state index contributed by atoms with van der Waals surface area (Å²) < 4.78 is 0.480. The van der Waals surface area contributed by atoms with Crippen molar-refractivity contribution in [3.8, 4) is 5.75 Å². The number of aromatic hydroxyl groups is 1. The number of phenolic OH excluding ortho intramolecular Hbond substituents is 1. The molecule has 2 aromatic rings. The minimum Gasteiger partial charge on any atom is -0.508 e. The van der Waals surface area contributed by atoms with Crippen molar-refractivity contribution >= 4 is 39.3 Å². The zero-order valence-electron chi connectivity index (χ0n) is 9.82. The summed E-state index contributed by atoms with van der Waals surface area (Å²) in [5.41, 5.74) is 1.14. The Labute approximate surface area is 119 Å². The van der Waals surface area contributed by atoms with Crippen LogP contribution in [0.15, 0.2) is 36.4 Å². The molecule has 0 aliphatic rings. The van der Waals surface area contributed by atoms with E-state index in [0.717, 1.165) is 22.8 Å². The lowest BCUT2D eigenvalue weighted by Crippen LogP contribution is -2.26. The quantitative estimate of drug-likeness (QED) is 0.655. The Kier molecular flexibility index (Phi) is 4.41. The standard InChI is InChI=1S/C14H14INO2/c15-9-14(18)16-7-6-11-3-1-2-10-4-5-12(17)8-13(10)11/h1-5,8,17H,6-7,9H2,(H,16,18). The third-order valence-corrected chi connectivity index (χ3v) is 3.49. The lowest BCUT2D eigenvalue weighted by atomic mass is 10.0. The van der Waals surface area contributed by atoms with Crippen LogP contribution >= 0.6 is 22.6 Å². The molecule has 0 unspecified atom stereocenters. The Morgan fingerprint density at radius 2 is 2.11 bits per heavy atom. The summed E-state index contributed by atoms with van der Waals surface area (Å²) in [6, 6.07) is 11.4. The predicted molar refractivity (Wildman–Crippen MR) is 81.2 cm³/mol. The normalized spacial score (nSPS) is 10.5. The molecule has 0 aliphatic heterocycles. The van der Waals surface area contributed by atoms with Crippen LogP contribution in [-0.2, 0) is 11.2 Å². The summed E-state index contributed by atoms with van der Waals surface area (Å²) in [5, 5.41) is 14.5. The van der Waals surface area contributed by atoms with Gasteiger partial charge >= 0.3 is 0 Å². The SMILES string of the molecule is O=C(CI)NCCc1cccc2ccc(O)cc12. The number of halogens is 1. The molecule has 2 rings (SSSR count). The Morgan fingerprint density at radius 3 is 2.89 bits per heavy atom. The molecule has 1 amide bonds. The van der Waals surface area contributed by atoms with E-state index in [1.807, 2.05) is 46.9 Å². The fourth-order valence-electron chi connectivity index (χ4n) is 1.93. The number of carbonyl (C=O) groups is 1. The number of phenols is 1. The topological polar surface area (TPSA) is 49.3 Å². The molecule has 0 aromatic heterocycles. The van der Waals surface area contributed by atoms with Crippen LogP contribution in [0.25, 0.3) is 10.8 Å². The maximum Gasteiger partial charge on any atom is 0.229 e. The summed E-state index contributed by atoms with van der Waals surface area (Å²) >= 11 is 2.04. The number of hydrogen-bond donors (Lipinski definition) is 2. The van der Waals surface area contributed by atoms with Gasteiger partial charge in [-0.3, -0.25) is 4.79 Å². The molecule has 94 valence electrons. The molecule has 0 heterocycles. The number of carbonyl (C=O) groups excluding carboxylic acids is 1. The molecule has 0 saturated carbocycles. The minimum atomic E-state index is 0.0543. The molecule has 2 N–H and O–H groups in total. The first-order valence-electron chi connectivity index (χ1n) is 5.74. The second-order valence-electron chi connectivity index (χ2n) is 4.06. The maximum absolute atomic E-state index is 11.2. The Morgan fingerprint density at radius 1 is 1.28 bits per heavy atom. The highest BCUT2D eigenvalue weighted by Gasteiger charge is 2.03. The number of rotatable bonds is 4. The number of nitrogens with one attached hydrogen (secondary N) is 1. The number of amides is 1. The van der Waals surface area contributed by atoms with Crippen LogP contribution < -0.4 is 5.32 Å². The molecule has 0 atom stereocenters. The van der Waals surface area contributed by atoms with Gasteiger partial charge in [0.1, 0.15) is 5.75 Å². The third-order valence-electron chi connectivity index (χ3n) is 2.79. The van der Waals surface area contributed by atoms with Gasteiger partial charge < -0.3 is 10.4 Å². The van der Waals surface area contributed by atoms with Gasteiger partial charge in [-0.15, -0.1) is 0 Å². The Hall–Kier alpha value is -1.30. The van der Waals surface area contributed by atoms with E-state index in [4.69, 9.17) is 0 Å². The van der Waals surface area contributed by atoms with Crippen LogP contribution in [-0.4, -0.2) is 22.0 Å². The molecule has 0 spiro atoms. The Balaban J connectivity index is 2.17. The van der Waals surface area contributed by atoms with E-state index in [1.165, 1.54) is 0 Å². The fraction of sp³-hybridized carbons (Fsp3) is 0.214. The van der Waals surface area contributed by atoms with Crippen molar-refractivity contribution in [2.75, 3.05) is 11.0 Å². The van der Waals surface area contributed by atoms with E-state index >= 15 is 0 Å². The maximum atomic E-state index is 11.2. The van der Waals surface area contributed by atoms with Crippen LogP contribution in [0.5, 0.6) is 5.75 Å². The van der Waals surface area contributed by atoms with Crippen molar-refractivity contribution < 1.29 is 9.90 Å². The van der Waals surface area contributed by atoms with Gasteiger partial charge in [-0.2, -0.15) is 0 Å². The summed E-state index contributed by atoms with van der Waals surface area (Å²) in [6.45, 7) is 0.622. The lowest BCUT2D eigenvalue weighted by molar-refractivity contribution is -0.118. The second kappa shape index (κ2) is 6.04. The van der Waals surface area contributed by atoms with E-state index in [1.54, 1.807) is 12.1 Å². The monoisotopic (exact) mass is 355 g/mol. The average Bonchev–Trinajstić information content (AvgIpc) is 2.39. The first-order valence-corrected chi connectivity index (χ1v) is 7.26. The van der Waals surface area contributed by atoms with Crippen LogP contribution in [0.4, 0.5) is 0 Å². The van der Waals surface area contributed by atoms with Gasteiger partial charge in [-0.1, -0.05) is 46.9 Å².